The minimum Gasteiger partial charge on any atom is -0.352 e. The Hall–Kier alpha value is -0.900. The third-order valence-corrected chi connectivity index (χ3v) is 2.54. The molecule has 1 atom stereocenters. The standard InChI is InChI=1S/C12H24N2O2/c1-2-3-4-5-6-7-12(16)14-11(10-13)8-9-15/h9,11H,2-8,10,13H2,1H3,(H,14,16). The summed E-state index contributed by atoms with van der Waals surface area (Å²) in [5, 5.41) is 2.76. The zero-order valence-corrected chi connectivity index (χ0v) is 10.2. The van der Waals surface area contributed by atoms with Crippen molar-refractivity contribution in [1.82, 2.24) is 5.32 Å². The van der Waals surface area contributed by atoms with Crippen molar-refractivity contribution in [2.24, 2.45) is 5.73 Å². The van der Waals surface area contributed by atoms with Crippen molar-refractivity contribution in [3.63, 3.8) is 0 Å². The lowest BCUT2D eigenvalue weighted by molar-refractivity contribution is -0.122. The normalized spacial score (nSPS) is 12.1. The van der Waals surface area contributed by atoms with Crippen LogP contribution in [0.25, 0.3) is 0 Å². The molecule has 0 bridgehead atoms. The highest BCUT2D eigenvalue weighted by Crippen LogP contribution is 2.04. The fourth-order valence-electron chi connectivity index (χ4n) is 1.52. The maximum absolute atomic E-state index is 11.4. The predicted octanol–water partition coefficient (Wildman–Crippen LogP) is 1.38. The van der Waals surface area contributed by atoms with E-state index in [4.69, 9.17) is 5.73 Å². The summed E-state index contributed by atoms with van der Waals surface area (Å²) in [6, 6.07) is -0.194. The summed E-state index contributed by atoms with van der Waals surface area (Å²) < 4.78 is 0. The Balaban J connectivity index is 3.52. The van der Waals surface area contributed by atoms with Crippen molar-refractivity contribution >= 4 is 12.2 Å². The lowest BCUT2D eigenvalue weighted by Gasteiger charge is -2.13. The Bertz CT molecular complexity index is 195. The zero-order chi connectivity index (χ0) is 12.2. The molecular formula is C12H24N2O2. The summed E-state index contributed by atoms with van der Waals surface area (Å²) in [5.74, 6) is 0.00815. The Morgan fingerprint density at radius 1 is 1.31 bits per heavy atom. The van der Waals surface area contributed by atoms with Crippen LogP contribution in [-0.4, -0.2) is 24.8 Å². The highest BCUT2D eigenvalue weighted by Gasteiger charge is 2.09. The maximum Gasteiger partial charge on any atom is 0.220 e. The van der Waals surface area contributed by atoms with Gasteiger partial charge in [0.15, 0.2) is 0 Å². The third-order valence-electron chi connectivity index (χ3n) is 2.54. The molecule has 16 heavy (non-hydrogen) atoms. The number of carbonyl (C=O) groups excluding carboxylic acids is 2. The second-order valence-corrected chi connectivity index (χ2v) is 4.07. The van der Waals surface area contributed by atoms with Crippen molar-refractivity contribution < 1.29 is 9.59 Å². The molecule has 0 saturated carbocycles. The van der Waals surface area contributed by atoms with Crippen LogP contribution < -0.4 is 11.1 Å². The van der Waals surface area contributed by atoms with Crippen molar-refractivity contribution in [3.8, 4) is 0 Å². The molecule has 0 aliphatic carbocycles. The van der Waals surface area contributed by atoms with Gasteiger partial charge in [-0.15, -0.1) is 0 Å². The molecule has 4 nitrogen and oxygen atoms in total. The fraction of sp³-hybridized carbons (Fsp3) is 0.833. The summed E-state index contributed by atoms with van der Waals surface area (Å²) in [7, 11) is 0. The summed E-state index contributed by atoms with van der Waals surface area (Å²) in [5.41, 5.74) is 5.43. The van der Waals surface area contributed by atoms with E-state index in [2.05, 4.69) is 12.2 Å². The number of amides is 1. The highest BCUT2D eigenvalue weighted by molar-refractivity contribution is 5.76. The molecule has 0 aromatic carbocycles. The average molecular weight is 228 g/mol. The first kappa shape index (κ1) is 15.1. The number of hydrogen-bond acceptors (Lipinski definition) is 3. The van der Waals surface area contributed by atoms with Gasteiger partial charge in [-0.1, -0.05) is 32.6 Å². The van der Waals surface area contributed by atoms with E-state index in [0.29, 0.717) is 19.4 Å². The number of carbonyl (C=O) groups is 2. The van der Waals surface area contributed by atoms with E-state index in [1.54, 1.807) is 0 Å². The summed E-state index contributed by atoms with van der Waals surface area (Å²) >= 11 is 0. The summed E-state index contributed by atoms with van der Waals surface area (Å²) in [6.45, 7) is 2.48. The van der Waals surface area contributed by atoms with Gasteiger partial charge in [0.05, 0.1) is 0 Å². The molecule has 0 aliphatic rings. The SMILES string of the molecule is CCCCCCCC(=O)NC(CN)CC=O. The molecule has 1 amide bonds. The molecular weight excluding hydrogens is 204 g/mol. The monoisotopic (exact) mass is 228 g/mol. The minimum absolute atomic E-state index is 0.00815. The lowest BCUT2D eigenvalue weighted by atomic mass is 10.1. The number of hydrogen-bond donors (Lipinski definition) is 2. The zero-order valence-electron chi connectivity index (χ0n) is 10.2. The molecule has 0 fully saturated rings. The number of nitrogens with two attached hydrogens (primary N) is 1. The van der Waals surface area contributed by atoms with Gasteiger partial charge in [-0.3, -0.25) is 4.79 Å². The van der Waals surface area contributed by atoms with Crippen molar-refractivity contribution in [2.45, 2.75) is 57.9 Å². The molecule has 0 rings (SSSR count). The topological polar surface area (TPSA) is 72.2 Å². The van der Waals surface area contributed by atoms with Gasteiger partial charge in [-0.05, 0) is 6.42 Å². The van der Waals surface area contributed by atoms with E-state index in [0.717, 1.165) is 19.1 Å². The Morgan fingerprint density at radius 3 is 2.56 bits per heavy atom. The molecule has 0 saturated heterocycles. The van der Waals surface area contributed by atoms with Crippen LogP contribution in [0.3, 0.4) is 0 Å². The number of aldehydes is 1. The van der Waals surface area contributed by atoms with E-state index in [1.165, 1.54) is 19.3 Å². The number of rotatable bonds is 10. The second-order valence-electron chi connectivity index (χ2n) is 4.07. The second kappa shape index (κ2) is 10.6. The molecule has 0 aromatic heterocycles. The van der Waals surface area contributed by atoms with Gasteiger partial charge in [0.2, 0.25) is 5.91 Å². The maximum atomic E-state index is 11.4. The van der Waals surface area contributed by atoms with Gasteiger partial charge in [0.1, 0.15) is 6.29 Å². The summed E-state index contributed by atoms with van der Waals surface area (Å²) in [6.07, 6.45) is 7.29. The van der Waals surface area contributed by atoms with E-state index in [1.807, 2.05) is 0 Å². The van der Waals surface area contributed by atoms with Gasteiger partial charge in [-0.25, -0.2) is 0 Å². The van der Waals surface area contributed by atoms with Crippen LogP contribution in [0.4, 0.5) is 0 Å². The third kappa shape index (κ3) is 8.41. The Kier molecular flexibility index (Phi) is 10.0. The van der Waals surface area contributed by atoms with Crippen molar-refractivity contribution in [2.75, 3.05) is 6.54 Å². The van der Waals surface area contributed by atoms with Crippen LogP contribution in [0.5, 0.6) is 0 Å². The highest BCUT2D eigenvalue weighted by atomic mass is 16.1. The first-order valence-corrected chi connectivity index (χ1v) is 6.17. The number of nitrogens with one attached hydrogen (secondary N) is 1. The molecule has 0 aromatic rings. The van der Waals surface area contributed by atoms with E-state index < -0.39 is 0 Å². The van der Waals surface area contributed by atoms with Gasteiger partial charge < -0.3 is 15.8 Å². The van der Waals surface area contributed by atoms with Crippen LogP contribution in [-0.2, 0) is 9.59 Å². The largest absolute Gasteiger partial charge is 0.352 e. The summed E-state index contributed by atoms with van der Waals surface area (Å²) in [4.78, 5) is 21.7. The van der Waals surface area contributed by atoms with Gasteiger partial charge >= 0.3 is 0 Å². The predicted molar refractivity (Wildman–Crippen MR) is 65.0 cm³/mol. The van der Waals surface area contributed by atoms with Crippen molar-refractivity contribution in [3.05, 3.63) is 0 Å². The average Bonchev–Trinajstić information content (AvgIpc) is 2.28. The van der Waals surface area contributed by atoms with E-state index in [-0.39, 0.29) is 11.9 Å². The molecule has 0 aliphatic heterocycles. The van der Waals surface area contributed by atoms with Crippen LogP contribution in [0, 0.1) is 0 Å². The molecule has 0 spiro atoms. The molecule has 0 radical (unpaired) electrons. The van der Waals surface area contributed by atoms with Gasteiger partial charge in [0, 0.05) is 25.4 Å². The first-order chi connectivity index (χ1) is 7.74. The van der Waals surface area contributed by atoms with E-state index >= 15 is 0 Å². The molecule has 1 unspecified atom stereocenters. The van der Waals surface area contributed by atoms with Gasteiger partial charge in [0.25, 0.3) is 0 Å². The molecule has 0 heterocycles. The van der Waals surface area contributed by atoms with Gasteiger partial charge in [-0.2, -0.15) is 0 Å². The molecule has 94 valence electrons. The van der Waals surface area contributed by atoms with Crippen LogP contribution >= 0.6 is 0 Å². The fourth-order valence-corrected chi connectivity index (χ4v) is 1.52. The van der Waals surface area contributed by atoms with Crippen LogP contribution in [0.1, 0.15) is 51.9 Å². The molecule has 3 N–H and O–H groups in total. The van der Waals surface area contributed by atoms with Crippen LogP contribution in [0.15, 0.2) is 0 Å². The minimum atomic E-state index is -0.194. The molecule has 4 heteroatoms. The van der Waals surface area contributed by atoms with Crippen LogP contribution in [0.2, 0.25) is 0 Å². The Labute approximate surface area is 98.0 Å². The van der Waals surface area contributed by atoms with E-state index in [9.17, 15) is 9.59 Å². The smallest absolute Gasteiger partial charge is 0.220 e. The lowest BCUT2D eigenvalue weighted by Crippen LogP contribution is -2.40. The first-order valence-electron chi connectivity index (χ1n) is 6.17. The Morgan fingerprint density at radius 2 is 2.00 bits per heavy atom. The van der Waals surface area contributed by atoms with Crippen molar-refractivity contribution in [1.29, 1.82) is 0 Å². The quantitative estimate of drug-likeness (QED) is 0.438. The number of unbranched alkanes of at least 4 members (excludes halogenated alkanes) is 4.